The van der Waals surface area contributed by atoms with Gasteiger partial charge in [0.05, 0.1) is 6.04 Å². The van der Waals surface area contributed by atoms with Crippen molar-refractivity contribution in [3.05, 3.63) is 100 Å². The third kappa shape index (κ3) is 3.70. The number of aromatic hydroxyl groups is 1. The Morgan fingerprint density at radius 1 is 1.06 bits per heavy atom. The number of nitrogens with one attached hydrogen (secondary N) is 1. The minimum atomic E-state index is -0.308. The van der Waals surface area contributed by atoms with Crippen molar-refractivity contribution in [2.24, 2.45) is 0 Å². The summed E-state index contributed by atoms with van der Waals surface area (Å²) in [6, 6.07) is 21.8. The van der Waals surface area contributed by atoms with Crippen molar-refractivity contribution in [1.82, 2.24) is 15.1 Å². The summed E-state index contributed by atoms with van der Waals surface area (Å²) in [4.78, 5) is 16.6. The van der Waals surface area contributed by atoms with Crippen molar-refractivity contribution in [3.8, 4) is 17.0 Å². The third-order valence-electron chi connectivity index (χ3n) is 6.19. The number of hydrogen-bond acceptors (Lipinski definition) is 4. The van der Waals surface area contributed by atoms with Crippen molar-refractivity contribution in [1.29, 1.82) is 0 Å². The molecule has 5 rings (SSSR count). The molecule has 6 heteroatoms. The number of thioether (sulfide) groups is 1. The summed E-state index contributed by atoms with van der Waals surface area (Å²) in [5, 5.41) is 18.3. The van der Waals surface area contributed by atoms with Gasteiger partial charge in [-0.2, -0.15) is 5.10 Å². The zero-order chi connectivity index (χ0) is 23.1. The van der Waals surface area contributed by atoms with Gasteiger partial charge in [0.2, 0.25) is 0 Å². The smallest absolute Gasteiger partial charge is 0.273 e. The van der Waals surface area contributed by atoms with Crippen molar-refractivity contribution < 1.29 is 9.90 Å². The van der Waals surface area contributed by atoms with Gasteiger partial charge in [-0.15, -0.1) is 11.8 Å². The Balaban J connectivity index is 1.68. The lowest BCUT2D eigenvalue weighted by molar-refractivity contribution is 0.0730. The number of rotatable bonds is 5. The van der Waals surface area contributed by atoms with Gasteiger partial charge in [-0.25, -0.2) is 0 Å². The first-order valence-corrected chi connectivity index (χ1v) is 12.1. The Labute approximate surface area is 197 Å². The van der Waals surface area contributed by atoms with Gasteiger partial charge in [0.1, 0.15) is 17.1 Å². The highest BCUT2D eigenvalue weighted by atomic mass is 32.2. The van der Waals surface area contributed by atoms with E-state index in [1.165, 1.54) is 0 Å². The highest BCUT2D eigenvalue weighted by molar-refractivity contribution is 7.98. The normalized spacial score (nSPS) is 15.2. The molecule has 2 heterocycles. The summed E-state index contributed by atoms with van der Waals surface area (Å²) in [5.74, 6) is 0.0861. The monoisotopic (exact) mass is 455 g/mol. The van der Waals surface area contributed by atoms with Crippen LogP contribution in [0, 0.1) is 13.8 Å². The van der Waals surface area contributed by atoms with Gasteiger partial charge < -0.3 is 10.0 Å². The number of nitrogens with zero attached hydrogens (tertiary/aromatic N) is 2. The molecule has 33 heavy (non-hydrogen) atoms. The molecule has 2 N–H and O–H groups in total. The van der Waals surface area contributed by atoms with E-state index in [0.29, 0.717) is 23.5 Å². The number of carbonyl (C=O) groups excluding carboxylic acids is 1. The van der Waals surface area contributed by atoms with Crippen LogP contribution in [0.5, 0.6) is 5.75 Å². The second-order valence-electron chi connectivity index (χ2n) is 8.43. The zero-order valence-electron chi connectivity index (χ0n) is 18.8. The van der Waals surface area contributed by atoms with E-state index in [0.717, 1.165) is 32.7 Å². The molecule has 4 aromatic rings. The summed E-state index contributed by atoms with van der Waals surface area (Å²) in [7, 11) is 0. The SMILES string of the molecule is CSc1ccc(C2c3c(-c4c(C)cc(C)cc4O)n[nH]c3C(=O)N2Cc2ccccc2)cc1. The number of hydrogen-bond donors (Lipinski definition) is 2. The van der Waals surface area contributed by atoms with E-state index in [4.69, 9.17) is 0 Å². The molecule has 1 aliphatic rings. The van der Waals surface area contributed by atoms with Gasteiger partial charge in [-0.05, 0) is 60.6 Å². The van der Waals surface area contributed by atoms with E-state index < -0.39 is 0 Å². The molecule has 1 aromatic heterocycles. The quantitative estimate of drug-likeness (QED) is 0.370. The lowest BCUT2D eigenvalue weighted by Gasteiger charge is -2.27. The van der Waals surface area contributed by atoms with Crippen LogP contribution in [0.1, 0.15) is 44.3 Å². The highest BCUT2D eigenvalue weighted by Crippen LogP contribution is 2.46. The van der Waals surface area contributed by atoms with Crippen LogP contribution >= 0.6 is 11.8 Å². The first-order chi connectivity index (χ1) is 16.0. The molecule has 166 valence electrons. The van der Waals surface area contributed by atoms with Crippen molar-refractivity contribution >= 4 is 17.7 Å². The van der Waals surface area contributed by atoms with Gasteiger partial charge >= 0.3 is 0 Å². The van der Waals surface area contributed by atoms with Crippen molar-refractivity contribution in [3.63, 3.8) is 0 Å². The summed E-state index contributed by atoms with van der Waals surface area (Å²) >= 11 is 1.68. The summed E-state index contributed by atoms with van der Waals surface area (Å²) < 4.78 is 0. The van der Waals surface area contributed by atoms with Gasteiger partial charge in [0.25, 0.3) is 5.91 Å². The average molecular weight is 456 g/mol. The van der Waals surface area contributed by atoms with Crippen molar-refractivity contribution in [2.75, 3.05) is 6.26 Å². The minimum Gasteiger partial charge on any atom is -0.507 e. The highest BCUT2D eigenvalue weighted by Gasteiger charge is 2.42. The second kappa shape index (κ2) is 8.45. The Kier molecular flexibility index (Phi) is 5.46. The molecule has 0 saturated heterocycles. The number of aryl methyl sites for hydroxylation is 2. The molecule has 0 saturated carbocycles. The molecule has 3 aromatic carbocycles. The summed E-state index contributed by atoms with van der Waals surface area (Å²) in [5.41, 5.74) is 6.57. The van der Waals surface area contributed by atoms with E-state index in [1.54, 1.807) is 17.8 Å². The average Bonchev–Trinajstić information content (AvgIpc) is 3.33. The molecule has 5 nitrogen and oxygen atoms in total. The molecule has 1 aliphatic heterocycles. The molecule has 0 aliphatic carbocycles. The summed E-state index contributed by atoms with van der Waals surface area (Å²) in [6.45, 7) is 4.39. The number of benzene rings is 3. The summed E-state index contributed by atoms with van der Waals surface area (Å²) in [6.07, 6.45) is 2.05. The van der Waals surface area contributed by atoms with E-state index in [1.807, 2.05) is 61.4 Å². The van der Waals surface area contributed by atoms with Gasteiger partial charge in [0.15, 0.2) is 0 Å². The standard InChI is InChI=1S/C27H25N3O2S/c1-16-13-17(2)22(21(31)14-16)24-23-25(29-28-24)27(32)30(15-18-7-5-4-6-8-18)26(23)19-9-11-20(33-3)12-10-19/h4-14,26,31H,15H2,1-3H3,(H,28,29). The first-order valence-electron chi connectivity index (χ1n) is 10.9. The van der Waals surface area contributed by atoms with Crippen LogP contribution in [0.15, 0.2) is 71.6 Å². The van der Waals surface area contributed by atoms with E-state index in [-0.39, 0.29) is 17.7 Å². The van der Waals surface area contributed by atoms with Gasteiger partial charge in [0, 0.05) is 22.6 Å². The Morgan fingerprint density at radius 2 is 1.79 bits per heavy atom. The number of amides is 1. The van der Waals surface area contributed by atoms with Crippen LogP contribution < -0.4 is 0 Å². The van der Waals surface area contributed by atoms with Crippen LogP contribution in [0.3, 0.4) is 0 Å². The van der Waals surface area contributed by atoms with Crippen LogP contribution in [0.2, 0.25) is 0 Å². The van der Waals surface area contributed by atoms with Crippen LogP contribution in [-0.4, -0.2) is 32.4 Å². The molecule has 1 amide bonds. The number of phenolic OH excluding ortho intramolecular Hbond substituents is 1. The fourth-order valence-corrected chi connectivity index (χ4v) is 5.12. The number of aromatic amines is 1. The number of carbonyl (C=O) groups is 1. The number of phenols is 1. The maximum absolute atomic E-state index is 13.6. The molecule has 1 unspecified atom stereocenters. The Morgan fingerprint density at radius 3 is 2.45 bits per heavy atom. The fourth-order valence-electron chi connectivity index (χ4n) is 4.72. The maximum Gasteiger partial charge on any atom is 0.273 e. The first kappa shape index (κ1) is 21.3. The van der Waals surface area contributed by atoms with E-state index >= 15 is 0 Å². The fraction of sp³-hybridized carbons (Fsp3) is 0.185. The van der Waals surface area contributed by atoms with E-state index in [2.05, 4.69) is 34.5 Å². The molecule has 0 bridgehead atoms. The number of H-pyrrole nitrogens is 1. The Hall–Kier alpha value is -3.51. The topological polar surface area (TPSA) is 69.2 Å². The molecule has 0 radical (unpaired) electrons. The predicted molar refractivity (Wildman–Crippen MR) is 132 cm³/mol. The van der Waals surface area contributed by atoms with E-state index in [9.17, 15) is 9.90 Å². The lowest BCUT2D eigenvalue weighted by atomic mass is 9.93. The predicted octanol–water partition coefficient (Wildman–Crippen LogP) is 5.87. The van der Waals surface area contributed by atoms with Gasteiger partial charge in [-0.1, -0.05) is 48.5 Å². The molecule has 0 fully saturated rings. The maximum atomic E-state index is 13.6. The molecular formula is C27H25N3O2S. The largest absolute Gasteiger partial charge is 0.507 e. The minimum absolute atomic E-state index is 0.0872. The Bertz CT molecular complexity index is 1310. The van der Waals surface area contributed by atoms with Crippen molar-refractivity contribution in [2.45, 2.75) is 31.3 Å². The lowest BCUT2D eigenvalue weighted by Crippen LogP contribution is -2.29. The second-order valence-corrected chi connectivity index (χ2v) is 9.31. The molecule has 0 spiro atoms. The number of fused-ring (bicyclic) bond motifs is 1. The van der Waals surface area contributed by atoms with Crippen LogP contribution in [0.25, 0.3) is 11.3 Å². The number of aromatic nitrogens is 2. The third-order valence-corrected chi connectivity index (χ3v) is 6.93. The van der Waals surface area contributed by atoms with Crippen LogP contribution in [-0.2, 0) is 6.54 Å². The zero-order valence-corrected chi connectivity index (χ0v) is 19.6. The molecular weight excluding hydrogens is 430 g/mol. The van der Waals surface area contributed by atoms with Gasteiger partial charge in [-0.3, -0.25) is 9.89 Å². The van der Waals surface area contributed by atoms with Crippen LogP contribution in [0.4, 0.5) is 0 Å². The molecule has 1 atom stereocenters.